The van der Waals surface area contributed by atoms with E-state index < -0.39 is 24.1 Å². The molecular formula is C25H26FN5O3. The Morgan fingerprint density at radius 1 is 0.882 bits per heavy atom. The van der Waals surface area contributed by atoms with Gasteiger partial charge >= 0.3 is 0 Å². The molecule has 0 aliphatic carbocycles. The molecule has 8 nitrogen and oxygen atoms in total. The third-order valence-corrected chi connectivity index (χ3v) is 5.00. The van der Waals surface area contributed by atoms with Gasteiger partial charge in [-0.1, -0.05) is 24.3 Å². The second-order valence-electron chi connectivity index (χ2n) is 7.23. The van der Waals surface area contributed by atoms with Gasteiger partial charge in [0.2, 0.25) is 0 Å². The number of amides is 3. The Morgan fingerprint density at radius 2 is 1.44 bits per heavy atom. The van der Waals surface area contributed by atoms with E-state index in [0.29, 0.717) is 18.7 Å². The number of hydrogen-bond donors (Lipinski definition) is 2. The van der Waals surface area contributed by atoms with Crippen LogP contribution in [0.1, 0.15) is 59.1 Å². The molecule has 0 spiro atoms. The van der Waals surface area contributed by atoms with Gasteiger partial charge in [-0.3, -0.25) is 14.4 Å². The molecule has 0 saturated heterocycles. The third kappa shape index (κ3) is 6.44. The average Bonchev–Trinajstić information content (AvgIpc) is 2.88. The van der Waals surface area contributed by atoms with Crippen molar-refractivity contribution in [1.82, 2.24) is 25.5 Å². The second kappa shape index (κ2) is 11.6. The van der Waals surface area contributed by atoms with Crippen molar-refractivity contribution in [3.8, 4) is 0 Å². The van der Waals surface area contributed by atoms with Crippen molar-refractivity contribution in [2.45, 2.75) is 26.9 Å². The first-order valence-electron chi connectivity index (χ1n) is 11.7. The Morgan fingerprint density at radius 3 is 2.03 bits per heavy atom. The second-order valence-corrected chi connectivity index (χ2v) is 7.23. The molecule has 3 amide bonds. The van der Waals surface area contributed by atoms with Crippen molar-refractivity contribution in [2.75, 3.05) is 13.1 Å². The molecular weight excluding hydrogens is 437 g/mol. The minimum absolute atomic E-state index is 0.0501. The van der Waals surface area contributed by atoms with Crippen molar-refractivity contribution in [3.05, 3.63) is 94.8 Å². The van der Waals surface area contributed by atoms with Crippen LogP contribution < -0.4 is 10.6 Å². The summed E-state index contributed by atoms with van der Waals surface area (Å²) in [6.45, 7) is 2.92. The van der Waals surface area contributed by atoms with E-state index in [9.17, 15) is 18.8 Å². The van der Waals surface area contributed by atoms with Crippen molar-refractivity contribution in [1.29, 1.82) is 0 Å². The average molecular weight is 466 g/mol. The number of aromatic nitrogens is 2. The first-order chi connectivity index (χ1) is 17.1. The number of hydrogen-bond acceptors (Lipinski definition) is 5. The summed E-state index contributed by atoms with van der Waals surface area (Å²) in [7, 11) is 0. The lowest BCUT2D eigenvalue weighted by Crippen LogP contribution is -2.30. The summed E-state index contributed by atoms with van der Waals surface area (Å²) in [6.07, 6.45) is 1.03. The van der Waals surface area contributed by atoms with Gasteiger partial charge in [-0.25, -0.2) is 14.4 Å². The largest absolute Gasteiger partial charge is 0.347 e. The van der Waals surface area contributed by atoms with Gasteiger partial charge in [0, 0.05) is 37.8 Å². The van der Waals surface area contributed by atoms with Gasteiger partial charge in [0.1, 0.15) is 23.5 Å². The lowest BCUT2D eigenvalue weighted by Gasteiger charge is -2.18. The molecule has 0 aliphatic rings. The molecule has 0 fully saturated rings. The maximum absolute atomic E-state index is 13.1. The van der Waals surface area contributed by atoms with E-state index in [2.05, 4.69) is 20.6 Å². The van der Waals surface area contributed by atoms with E-state index in [1.807, 2.05) is 13.8 Å². The molecule has 3 aromatic rings. The molecule has 176 valence electrons. The van der Waals surface area contributed by atoms with E-state index >= 15 is 0 Å². The smallest absolute Gasteiger partial charge is 0.270 e. The molecule has 3 rings (SSSR count). The number of nitrogens with one attached hydrogen (secondary N) is 2. The van der Waals surface area contributed by atoms with Gasteiger partial charge in [-0.05, 0) is 49.2 Å². The van der Waals surface area contributed by atoms with Gasteiger partial charge in [-0.2, -0.15) is 0 Å². The van der Waals surface area contributed by atoms with Gasteiger partial charge in [0.25, 0.3) is 17.7 Å². The molecule has 34 heavy (non-hydrogen) atoms. The summed E-state index contributed by atoms with van der Waals surface area (Å²) >= 11 is 0. The van der Waals surface area contributed by atoms with Crippen LogP contribution in [0.25, 0.3) is 0 Å². The Bertz CT molecular complexity index is 1230. The van der Waals surface area contributed by atoms with Crippen LogP contribution >= 0.6 is 0 Å². The van der Waals surface area contributed by atoms with Gasteiger partial charge in [0.15, 0.2) is 0 Å². The number of rotatable bonds is 9. The number of halogens is 1. The zero-order valence-electron chi connectivity index (χ0n) is 20.8. The predicted octanol–water partition coefficient (Wildman–Crippen LogP) is 2.96. The minimum atomic E-state index is -2.29. The highest BCUT2D eigenvalue weighted by atomic mass is 19.1. The molecule has 0 atom stereocenters. The molecule has 2 aromatic carbocycles. The first-order valence-corrected chi connectivity index (χ1v) is 10.7. The van der Waals surface area contributed by atoms with E-state index in [1.54, 1.807) is 29.2 Å². The van der Waals surface area contributed by atoms with Crippen LogP contribution in [0, 0.1) is 5.82 Å². The minimum Gasteiger partial charge on any atom is -0.347 e. The Balaban J connectivity index is 1.62. The molecule has 0 unspecified atom stereocenters. The zero-order chi connectivity index (χ0) is 26.3. The van der Waals surface area contributed by atoms with Gasteiger partial charge in [-0.15, -0.1) is 0 Å². The summed E-state index contributed by atoms with van der Waals surface area (Å²) in [6, 6.07) is 12.7. The molecule has 1 aromatic heterocycles. The summed E-state index contributed by atoms with van der Waals surface area (Å²) in [4.78, 5) is 47.0. The highest BCUT2D eigenvalue weighted by molar-refractivity contribution is 5.97. The summed E-state index contributed by atoms with van der Waals surface area (Å²) in [5.74, 6) is -2.02. The van der Waals surface area contributed by atoms with Crippen molar-refractivity contribution >= 4 is 17.7 Å². The molecule has 2 N–H and O–H groups in total. The van der Waals surface area contributed by atoms with Crippen LogP contribution in [-0.4, -0.2) is 45.7 Å². The number of benzene rings is 2. The fraction of sp³-hybridized carbons (Fsp3) is 0.240. The first kappa shape index (κ1) is 21.7. The summed E-state index contributed by atoms with van der Waals surface area (Å²) in [5, 5.41) is 4.87. The molecule has 1 heterocycles. The highest BCUT2D eigenvalue weighted by Gasteiger charge is 2.14. The molecule has 0 bridgehead atoms. The van der Waals surface area contributed by atoms with Crippen molar-refractivity contribution in [2.24, 2.45) is 0 Å². The van der Waals surface area contributed by atoms with E-state index in [0.717, 1.165) is 30.1 Å². The monoisotopic (exact) mass is 465 g/mol. The maximum Gasteiger partial charge on any atom is 0.270 e. The normalized spacial score (nSPS) is 11.7. The summed E-state index contributed by atoms with van der Waals surface area (Å²) < 4.78 is 29.3. The van der Waals surface area contributed by atoms with Crippen LogP contribution in [-0.2, 0) is 13.0 Å². The van der Waals surface area contributed by atoms with Crippen LogP contribution in [0.2, 0.25) is 0 Å². The van der Waals surface area contributed by atoms with Crippen LogP contribution in [0.15, 0.2) is 60.9 Å². The predicted molar refractivity (Wildman–Crippen MR) is 124 cm³/mol. The Hall–Kier alpha value is -4.14. The van der Waals surface area contributed by atoms with Gasteiger partial charge in [0.05, 0.1) is 2.74 Å². The maximum atomic E-state index is 13.1. The highest BCUT2D eigenvalue weighted by Crippen LogP contribution is 2.09. The number of carbonyl (C=O) groups excluding carboxylic acids is 3. The lowest BCUT2D eigenvalue weighted by atomic mass is 10.1. The number of carbonyl (C=O) groups is 3. The fourth-order valence-electron chi connectivity index (χ4n) is 3.06. The topological polar surface area (TPSA) is 104 Å². The Kier molecular flexibility index (Phi) is 7.43. The van der Waals surface area contributed by atoms with E-state index in [-0.39, 0.29) is 29.4 Å². The van der Waals surface area contributed by atoms with Crippen LogP contribution in [0.4, 0.5) is 4.39 Å². The SMILES string of the molecule is [2H]C([2H])(NC(=O)c1cc(C(=O)NCc2ccc(C(=O)N(CC)CC)cc2)ncn1)c1ccc(F)cc1. The zero-order valence-corrected chi connectivity index (χ0v) is 18.8. The van der Waals surface area contributed by atoms with Crippen LogP contribution in [0.3, 0.4) is 0 Å². The Labute approximate surface area is 200 Å². The quantitative estimate of drug-likeness (QED) is 0.506. The van der Waals surface area contributed by atoms with Gasteiger partial charge < -0.3 is 15.5 Å². The van der Waals surface area contributed by atoms with Crippen molar-refractivity contribution in [3.63, 3.8) is 0 Å². The molecule has 0 aliphatic heterocycles. The van der Waals surface area contributed by atoms with Crippen LogP contribution in [0.5, 0.6) is 0 Å². The lowest BCUT2D eigenvalue weighted by molar-refractivity contribution is 0.0772. The molecule has 9 heteroatoms. The van der Waals surface area contributed by atoms with E-state index in [4.69, 9.17) is 2.74 Å². The van der Waals surface area contributed by atoms with Crippen molar-refractivity contribution < 1.29 is 21.5 Å². The standard InChI is InChI=1S/C25H26FN5O3/c1-3-31(4-2)25(34)19-9-5-17(6-10-19)14-27-23(32)21-13-22(30-16-29-21)24(33)28-15-18-7-11-20(26)12-8-18/h5-13,16H,3-4,14-15H2,1-2H3,(H,27,32)(H,28,33)/i15D2. The fourth-order valence-corrected chi connectivity index (χ4v) is 3.06. The molecule has 0 saturated carbocycles. The summed E-state index contributed by atoms with van der Waals surface area (Å²) in [5.41, 5.74) is 1.08. The van der Waals surface area contributed by atoms with E-state index in [1.165, 1.54) is 12.1 Å². The number of nitrogens with zero attached hydrogens (tertiary/aromatic N) is 3. The third-order valence-electron chi connectivity index (χ3n) is 5.00. The molecule has 0 radical (unpaired) electrons.